The quantitative estimate of drug-likeness (QED) is 0.425. The number of hydrogen-bond acceptors (Lipinski definition) is 5. The molecule has 5 nitrogen and oxygen atoms in total. The van der Waals surface area contributed by atoms with E-state index in [0.717, 1.165) is 32.6 Å². The first-order valence-electron chi connectivity index (χ1n) is 4.90. The van der Waals surface area contributed by atoms with Crippen molar-refractivity contribution >= 4 is 45.6 Å². The Hall–Kier alpha value is 0.380. The standard InChI is InChI=1S/C9H18O4S.H3N.Na.H/c1-3-4-5-6-7-8-14(11,12)13-9(2)10;;;/h3-8H2,1-2H3;1H3;;. The summed E-state index contributed by atoms with van der Waals surface area (Å²) in [7, 11) is -3.62. The molecule has 0 atom stereocenters. The van der Waals surface area contributed by atoms with Crippen molar-refractivity contribution in [2.24, 2.45) is 0 Å². The van der Waals surface area contributed by atoms with E-state index >= 15 is 0 Å². The van der Waals surface area contributed by atoms with Crippen LogP contribution >= 0.6 is 0 Å². The fraction of sp³-hybridized carbons (Fsp3) is 0.889. The molecule has 94 valence electrons. The summed E-state index contributed by atoms with van der Waals surface area (Å²) >= 11 is 0. The summed E-state index contributed by atoms with van der Waals surface area (Å²) in [5, 5.41) is 0. The summed E-state index contributed by atoms with van der Waals surface area (Å²) in [6, 6.07) is 0. The average molecular weight is 263 g/mol. The average Bonchev–Trinajstić information content (AvgIpc) is 2.01. The molecule has 0 fully saturated rings. The van der Waals surface area contributed by atoms with Gasteiger partial charge in [-0.05, 0) is 6.42 Å². The van der Waals surface area contributed by atoms with E-state index in [4.69, 9.17) is 0 Å². The van der Waals surface area contributed by atoms with Crippen LogP contribution < -0.4 is 6.15 Å². The molecule has 0 aliphatic rings. The van der Waals surface area contributed by atoms with Crippen LogP contribution in [-0.2, 0) is 19.1 Å². The van der Waals surface area contributed by atoms with Gasteiger partial charge in [0.1, 0.15) is 0 Å². The number of unbranched alkanes of at least 4 members (excludes halogenated alkanes) is 4. The molecule has 0 amide bonds. The predicted octanol–water partition coefficient (Wildman–Crippen LogP) is 1.36. The molecule has 0 rings (SSSR count). The van der Waals surface area contributed by atoms with Crippen molar-refractivity contribution in [1.82, 2.24) is 6.15 Å². The van der Waals surface area contributed by atoms with E-state index in [1.165, 1.54) is 0 Å². The molecule has 0 spiro atoms. The molecule has 0 aliphatic carbocycles. The maximum absolute atomic E-state index is 11.0. The Balaban J connectivity index is -0.000000845. The van der Waals surface area contributed by atoms with E-state index in [0.29, 0.717) is 6.42 Å². The van der Waals surface area contributed by atoms with Gasteiger partial charge in [0, 0.05) is 6.92 Å². The van der Waals surface area contributed by atoms with E-state index < -0.39 is 16.1 Å². The van der Waals surface area contributed by atoms with Crippen molar-refractivity contribution in [2.45, 2.75) is 46.0 Å². The second-order valence-electron chi connectivity index (χ2n) is 3.25. The molecule has 0 aromatic heterocycles. The summed E-state index contributed by atoms with van der Waals surface area (Å²) in [6.07, 6.45) is 4.71. The van der Waals surface area contributed by atoms with Crippen LogP contribution in [0.5, 0.6) is 0 Å². The van der Waals surface area contributed by atoms with Gasteiger partial charge in [0.15, 0.2) is 0 Å². The fourth-order valence-electron chi connectivity index (χ4n) is 1.10. The van der Waals surface area contributed by atoms with E-state index in [-0.39, 0.29) is 41.5 Å². The summed E-state index contributed by atoms with van der Waals surface area (Å²) in [5.74, 6) is -0.824. The normalized spacial score (nSPS) is 9.88. The second-order valence-corrected chi connectivity index (χ2v) is 4.94. The van der Waals surface area contributed by atoms with Crippen LogP contribution in [0.15, 0.2) is 0 Å². The molecule has 0 aromatic rings. The first-order valence-corrected chi connectivity index (χ1v) is 6.48. The van der Waals surface area contributed by atoms with Gasteiger partial charge in [-0.3, -0.25) is 4.79 Å². The van der Waals surface area contributed by atoms with Gasteiger partial charge in [-0.2, -0.15) is 8.42 Å². The minimum atomic E-state index is -3.62. The van der Waals surface area contributed by atoms with Gasteiger partial charge in [0.25, 0.3) is 0 Å². The van der Waals surface area contributed by atoms with Gasteiger partial charge < -0.3 is 10.3 Å². The third-order valence-electron chi connectivity index (χ3n) is 1.74. The van der Waals surface area contributed by atoms with Crippen molar-refractivity contribution in [3.63, 3.8) is 0 Å². The Kier molecular flexibility index (Phi) is 16.0. The fourth-order valence-corrected chi connectivity index (χ4v) is 2.10. The van der Waals surface area contributed by atoms with Crippen LogP contribution in [0.1, 0.15) is 46.0 Å². The van der Waals surface area contributed by atoms with Crippen LogP contribution in [0, 0.1) is 0 Å². The molecule has 0 unspecified atom stereocenters. The molecular formula is C9H22NNaO4S. The van der Waals surface area contributed by atoms with Crippen molar-refractivity contribution in [2.75, 3.05) is 5.75 Å². The van der Waals surface area contributed by atoms with Crippen molar-refractivity contribution < 1.29 is 17.4 Å². The van der Waals surface area contributed by atoms with Gasteiger partial charge in [-0.15, -0.1) is 0 Å². The van der Waals surface area contributed by atoms with E-state index in [1.54, 1.807) is 0 Å². The molecule has 16 heavy (non-hydrogen) atoms. The van der Waals surface area contributed by atoms with Crippen molar-refractivity contribution in [3.8, 4) is 0 Å². The maximum atomic E-state index is 11.0. The molecule has 0 saturated carbocycles. The van der Waals surface area contributed by atoms with Crippen LogP contribution in [-0.4, -0.2) is 49.7 Å². The molecule has 3 N–H and O–H groups in total. The first-order chi connectivity index (χ1) is 6.48. The minimum absolute atomic E-state index is 0. The van der Waals surface area contributed by atoms with Gasteiger partial charge in [0.2, 0.25) is 0 Å². The van der Waals surface area contributed by atoms with Crippen molar-refractivity contribution in [1.29, 1.82) is 0 Å². The first kappa shape index (κ1) is 21.6. The van der Waals surface area contributed by atoms with Gasteiger partial charge in [-0.25, -0.2) is 0 Å². The Morgan fingerprint density at radius 3 is 2.06 bits per heavy atom. The molecule has 7 heteroatoms. The van der Waals surface area contributed by atoms with E-state index in [9.17, 15) is 13.2 Å². The second kappa shape index (κ2) is 11.9. The van der Waals surface area contributed by atoms with Crippen molar-refractivity contribution in [3.05, 3.63) is 0 Å². The summed E-state index contributed by atoms with van der Waals surface area (Å²) in [4.78, 5) is 10.4. The topological polar surface area (TPSA) is 95.4 Å². The van der Waals surface area contributed by atoms with E-state index in [1.807, 2.05) is 0 Å². The molecule has 0 radical (unpaired) electrons. The number of hydrogen-bond donors (Lipinski definition) is 1. The molecule has 0 bridgehead atoms. The van der Waals surface area contributed by atoms with Crippen LogP contribution in [0.25, 0.3) is 0 Å². The number of carbonyl (C=O) groups is 1. The molecule has 0 saturated heterocycles. The SMILES string of the molecule is CCCCCCCS(=O)(=O)OC(C)=O.N.[NaH]. The third kappa shape index (κ3) is 14.4. The zero-order chi connectivity index (χ0) is 11.0. The third-order valence-corrected chi connectivity index (χ3v) is 3.02. The van der Waals surface area contributed by atoms with E-state index in [2.05, 4.69) is 11.1 Å². The zero-order valence-corrected chi connectivity index (χ0v) is 10.3. The van der Waals surface area contributed by atoms with Gasteiger partial charge in [-0.1, -0.05) is 32.6 Å². The monoisotopic (exact) mass is 263 g/mol. The molecule has 0 heterocycles. The summed E-state index contributed by atoms with van der Waals surface area (Å²) in [6.45, 7) is 3.18. The van der Waals surface area contributed by atoms with Crippen LogP contribution in [0.3, 0.4) is 0 Å². The zero-order valence-electron chi connectivity index (χ0n) is 9.49. The number of rotatable bonds is 7. The molecule has 0 aromatic carbocycles. The van der Waals surface area contributed by atoms with Crippen LogP contribution in [0.4, 0.5) is 0 Å². The summed E-state index contributed by atoms with van der Waals surface area (Å²) < 4.78 is 26.2. The predicted molar refractivity (Wildman–Crippen MR) is 66.5 cm³/mol. The summed E-state index contributed by atoms with van der Waals surface area (Å²) in [5.41, 5.74) is 0. The van der Waals surface area contributed by atoms with Gasteiger partial charge in [0.05, 0.1) is 5.75 Å². The number of carbonyl (C=O) groups excluding carboxylic acids is 1. The Morgan fingerprint density at radius 2 is 1.62 bits per heavy atom. The molecule has 0 aliphatic heterocycles. The Bertz CT molecular complexity index is 267. The van der Waals surface area contributed by atoms with Gasteiger partial charge >= 0.3 is 45.6 Å². The Morgan fingerprint density at radius 1 is 1.12 bits per heavy atom. The van der Waals surface area contributed by atoms with Crippen LogP contribution in [0.2, 0.25) is 0 Å². The Labute approximate surface area is 120 Å². The molecular weight excluding hydrogens is 241 g/mol.